The van der Waals surface area contributed by atoms with Crippen LogP contribution in [0.25, 0.3) is 11.3 Å². The minimum Gasteiger partial charge on any atom is -0.481 e. The Morgan fingerprint density at radius 2 is 2.12 bits per heavy atom. The summed E-state index contributed by atoms with van der Waals surface area (Å²) in [6.45, 7) is 1.97. The van der Waals surface area contributed by atoms with Crippen molar-refractivity contribution in [3.05, 3.63) is 18.0 Å². The molecule has 0 aromatic carbocycles. The summed E-state index contributed by atoms with van der Waals surface area (Å²) in [6, 6.07) is 1.74. The third-order valence-corrected chi connectivity index (χ3v) is 2.44. The minimum absolute atomic E-state index is 0.192. The Morgan fingerprint density at radius 3 is 2.69 bits per heavy atom. The van der Waals surface area contributed by atoms with E-state index >= 15 is 0 Å². The van der Waals surface area contributed by atoms with Crippen LogP contribution in [0.1, 0.15) is 5.69 Å². The van der Waals surface area contributed by atoms with Gasteiger partial charge in [-0.25, -0.2) is 4.98 Å². The van der Waals surface area contributed by atoms with E-state index in [4.69, 9.17) is 10.5 Å². The molecule has 2 heterocycles. The van der Waals surface area contributed by atoms with Crippen LogP contribution >= 0.6 is 0 Å². The van der Waals surface area contributed by atoms with Gasteiger partial charge in [-0.3, -0.25) is 4.68 Å². The molecule has 6 heteroatoms. The van der Waals surface area contributed by atoms with Crippen LogP contribution in [0, 0.1) is 6.92 Å². The molecule has 0 atom stereocenters. The third-order valence-electron chi connectivity index (χ3n) is 2.44. The number of aromatic nitrogens is 4. The van der Waals surface area contributed by atoms with Gasteiger partial charge in [-0.05, 0) is 6.92 Å². The van der Waals surface area contributed by atoms with Crippen LogP contribution in [0.15, 0.2) is 12.3 Å². The zero-order chi connectivity index (χ0) is 11.7. The Morgan fingerprint density at radius 1 is 1.38 bits per heavy atom. The van der Waals surface area contributed by atoms with E-state index in [1.54, 1.807) is 24.1 Å². The van der Waals surface area contributed by atoms with Gasteiger partial charge in [0.15, 0.2) is 0 Å². The van der Waals surface area contributed by atoms with Gasteiger partial charge in [0.25, 0.3) is 0 Å². The van der Waals surface area contributed by atoms with Crippen molar-refractivity contribution >= 4 is 5.95 Å². The largest absolute Gasteiger partial charge is 0.481 e. The van der Waals surface area contributed by atoms with Crippen LogP contribution in [0.5, 0.6) is 5.88 Å². The van der Waals surface area contributed by atoms with Gasteiger partial charge in [0.05, 0.1) is 19.0 Å². The lowest BCUT2D eigenvalue weighted by atomic mass is 10.2. The summed E-state index contributed by atoms with van der Waals surface area (Å²) in [6.07, 6.45) is 1.75. The van der Waals surface area contributed by atoms with E-state index in [0.717, 1.165) is 17.0 Å². The van der Waals surface area contributed by atoms with Crippen molar-refractivity contribution < 1.29 is 4.74 Å². The number of aryl methyl sites for hydroxylation is 1. The van der Waals surface area contributed by atoms with Gasteiger partial charge in [0, 0.05) is 24.4 Å². The highest BCUT2D eigenvalue weighted by Crippen LogP contribution is 2.23. The van der Waals surface area contributed by atoms with Crippen LogP contribution < -0.4 is 10.5 Å². The Kier molecular flexibility index (Phi) is 2.47. The second kappa shape index (κ2) is 3.80. The molecule has 0 fully saturated rings. The van der Waals surface area contributed by atoms with Crippen LogP contribution in [0.2, 0.25) is 0 Å². The normalized spacial score (nSPS) is 10.4. The highest BCUT2D eigenvalue weighted by atomic mass is 16.5. The first-order valence-electron chi connectivity index (χ1n) is 4.79. The summed E-state index contributed by atoms with van der Waals surface area (Å²) in [5, 5.41) is 4.15. The van der Waals surface area contributed by atoms with Crippen molar-refractivity contribution in [2.45, 2.75) is 6.92 Å². The molecule has 0 amide bonds. The number of hydrogen-bond acceptors (Lipinski definition) is 5. The van der Waals surface area contributed by atoms with Gasteiger partial charge < -0.3 is 10.5 Å². The molecule has 0 saturated heterocycles. The summed E-state index contributed by atoms with van der Waals surface area (Å²) in [5.41, 5.74) is 8.26. The van der Waals surface area contributed by atoms with Crippen molar-refractivity contribution in [1.29, 1.82) is 0 Å². The molecule has 6 nitrogen and oxygen atoms in total. The van der Waals surface area contributed by atoms with E-state index < -0.39 is 0 Å². The Bertz CT molecular complexity index is 520. The van der Waals surface area contributed by atoms with E-state index in [1.165, 1.54) is 0 Å². The molecule has 2 rings (SSSR count). The smallest absolute Gasteiger partial charge is 0.223 e. The first kappa shape index (κ1) is 10.4. The predicted molar refractivity (Wildman–Crippen MR) is 59.9 cm³/mol. The van der Waals surface area contributed by atoms with E-state index in [2.05, 4.69) is 15.1 Å². The summed E-state index contributed by atoms with van der Waals surface area (Å²) < 4.78 is 6.82. The van der Waals surface area contributed by atoms with Gasteiger partial charge >= 0.3 is 0 Å². The van der Waals surface area contributed by atoms with Crippen LogP contribution in [-0.2, 0) is 7.05 Å². The van der Waals surface area contributed by atoms with Crippen molar-refractivity contribution in [3.8, 4) is 17.1 Å². The number of hydrogen-bond donors (Lipinski definition) is 1. The molecule has 0 radical (unpaired) electrons. The molecule has 84 valence electrons. The third kappa shape index (κ3) is 1.69. The van der Waals surface area contributed by atoms with Crippen molar-refractivity contribution in [2.75, 3.05) is 12.8 Å². The number of nitrogens with zero attached hydrogens (tertiary/aromatic N) is 4. The molecule has 0 aliphatic rings. The molecule has 0 spiro atoms. The Hall–Kier alpha value is -2.11. The Balaban J connectivity index is 2.55. The second-order valence-corrected chi connectivity index (χ2v) is 3.42. The number of nitrogen functional groups attached to an aromatic ring is 1. The number of nitrogens with two attached hydrogens (primary N) is 1. The second-order valence-electron chi connectivity index (χ2n) is 3.42. The fraction of sp³-hybridized carbons (Fsp3) is 0.300. The average Bonchev–Trinajstić information content (AvgIpc) is 2.59. The molecule has 0 unspecified atom stereocenters. The van der Waals surface area contributed by atoms with E-state index in [0.29, 0.717) is 5.88 Å². The fourth-order valence-corrected chi connectivity index (χ4v) is 1.44. The monoisotopic (exact) mass is 219 g/mol. The van der Waals surface area contributed by atoms with E-state index in [9.17, 15) is 0 Å². The van der Waals surface area contributed by atoms with Gasteiger partial charge in [0.2, 0.25) is 11.8 Å². The van der Waals surface area contributed by atoms with Gasteiger partial charge in [-0.15, -0.1) is 0 Å². The van der Waals surface area contributed by atoms with Crippen LogP contribution in [0.3, 0.4) is 0 Å². The number of rotatable bonds is 2. The lowest BCUT2D eigenvalue weighted by molar-refractivity contribution is 0.398. The van der Waals surface area contributed by atoms with Crippen LogP contribution in [-0.4, -0.2) is 26.9 Å². The first-order valence-corrected chi connectivity index (χ1v) is 4.79. The zero-order valence-corrected chi connectivity index (χ0v) is 9.43. The first-order chi connectivity index (χ1) is 7.61. The molecule has 2 aromatic rings. The summed E-state index contributed by atoms with van der Waals surface area (Å²) in [7, 11) is 3.42. The molecule has 0 saturated carbocycles. The van der Waals surface area contributed by atoms with Gasteiger partial charge in [0.1, 0.15) is 0 Å². The molecule has 0 bridgehead atoms. The van der Waals surface area contributed by atoms with E-state index in [-0.39, 0.29) is 5.95 Å². The minimum atomic E-state index is 0.192. The fourth-order valence-electron chi connectivity index (χ4n) is 1.44. The van der Waals surface area contributed by atoms with Crippen molar-refractivity contribution in [1.82, 2.24) is 19.7 Å². The maximum atomic E-state index is 5.60. The topological polar surface area (TPSA) is 78.8 Å². The summed E-state index contributed by atoms with van der Waals surface area (Å²) in [4.78, 5) is 8.09. The quantitative estimate of drug-likeness (QED) is 0.807. The summed E-state index contributed by atoms with van der Waals surface area (Å²) in [5.74, 6) is 0.642. The Labute approximate surface area is 93.1 Å². The molecule has 16 heavy (non-hydrogen) atoms. The van der Waals surface area contributed by atoms with Crippen LogP contribution in [0.4, 0.5) is 5.95 Å². The molecule has 0 aliphatic heterocycles. The lowest BCUT2D eigenvalue weighted by Crippen LogP contribution is -1.99. The van der Waals surface area contributed by atoms with Crippen molar-refractivity contribution in [2.24, 2.45) is 7.05 Å². The SMILES string of the molecule is COc1cc(-c2cnn(C)c2C)nc(N)n1. The van der Waals surface area contributed by atoms with Gasteiger partial charge in [-0.2, -0.15) is 10.1 Å². The number of ether oxygens (including phenoxy) is 1. The predicted octanol–water partition coefficient (Wildman–Crippen LogP) is 0.776. The van der Waals surface area contributed by atoms with E-state index in [1.807, 2.05) is 14.0 Å². The van der Waals surface area contributed by atoms with Gasteiger partial charge in [-0.1, -0.05) is 0 Å². The van der Waals surface area contributed by atoms with Crippen molar-refractivity contribution in [3.63, 3.8) is 0 Å². The maximum Gasteiger partial charge on any atom is 0.223 e. The lowest BCUT2D eigenvalue weighted by Gasteiger charge is -2.04. The highest BCUT2D eigenvalue weighted by Gasteiger charge is 2.10. The molecular formula is C10H13N5O. The molecule has 2 N–H and O–H groups in total. The summed E-state index contributed by atoms with van der Waals surface area (Å²) >= 11 is 0. The highest BCUT2D eigenvalue weighted by molar-refractivity contribution is 5.63. The standard InChI is InChI=1S/C10H13N5O/c1-6-7(5-12-15(6)2)8-4-9(16-3)14-10(11)13-8/h4-5H,1-3H3,(H2,11,13,14). The number of methoxy groups -OCH3 is 1. The molecule has 2 aromatic heterocycles. The number of anilines is 1. The average molecular weight is 219 g/mol. The maximum absolute atomic E-state index is 5.60. The molecule has 0 aliphatic carbocycles. The molecular weight excluding hydrogens is 206 g/mol. The zero-order valence-electron chi connectivity index (χ0n) is 9.43.